The van der Waals surface area contributed by atoms with Crippen LogP contribution in [-0.2, 0) is 0 Å². The molecule has 0 spiro atoms. The molecule has 0 saturated heterocycles. The van der Waals surface area contributed by atoms with E-state index in [1.54, 1.807) is 0 Å². The van der Waals surface area contributed by atoms with Crippen LogP contribution in [0, 0.1) is 11.3 Å². The van der Waals surface area contributed by atoms with Crippen LogP contribution in [0.2, 0.25) is 0 Å². The smallest absolute Gasteiger partial charge is 0.0178 e. The molecule has 0 aliphatic heterocycles. The molecule has 1 aliphatic rings. The topological polar surface area (TPSA) is 3.24 Å². The lowest BCUT2D eigenvalue weighted by Crippen LogP contribution is -2.47. The van der Waals surface area contributed by atoms with E-state index in [-0.39, 0.29) is 0 Å². The number of nitrogens with zero attached hydrogens (tertiary/aromatic N) is 1. The van der Waals surface area contributed by atoms with Crippen molar-refractivity contribution in [3.63, 3.8) is 0 Å². The average molecular weight is 197 g/mol. The molecule has 1 nitrogen and oxygen atoms in total. The molecule has 0 bridgehead atoms. The maximum absolute atomic E-state index is 2.56. The van der Waals surface area contributed by atoms with Crippen molar-refractivity contribution in [1.82, 2.24) is 4.90 Å². The Hall–Kier alpha value is -0.0400. The van der Waals surface area contributed by atoms with E-state index in [0.29, 0.717) is 11.0 Å². The van der Waals surface area contributed by atoms with Crippen molar-refractivity contribution in [3.8, 4) is 0 Å². The molecule has 0 amide bonds. The first-order valence-corrected chi connectivity index (χ1v) is 6.01. The zero-order valence-electron chi connectivity index (χ0n) is 10.9. The molecule has 0 atom stereocenters. The van der Waals surface area contributed by atoms with Crippen LogP contribution in [0.3, 0.4) is 0 Å². The third-order valence-electron chi connectivity index (χ3n) is 4.18. The second-order valence-electron chi connectivity index (χ2n) is 6.30. The Morgan fingerprint density at radius 2 is 1.64 bits per heavy atom. The fourth-order valence-corrected chi connectivity index (χ4v) is 2.06. The van der Waals surface area contributed by atoms with Crippen LogP contribution >= 0.6 is 0 Å². The van der Waals surface area contributed by atoms with Crippen molar-refractivity contribution in [3.05, 3.63) is 0 Å². The first-order valence-electron chi connectivity index (χ1n) is 6.01. The summed E-state index contributed by atoms with van der Waals surface area (Å²) in [7, 11) is 2.29. The Balaban J connectivity index is 2.52. The molecule has 0 unspecified atom stereocenters. The van der Waals surface area contributed by atoms with Gasteiger partial charge in [0.25, 0.3) is 0 Å². The van der Waals surface area contributed by atoms with Gasteiger partial charge in [-0.15, -0.1) is 0 Å². The zero-order chi connectivity index (χ0) is 11.0. The Morgan fingerprint density at radius 1 is 1.14 bits per heavy atom. The van der Waals surface area contributed by atoms with Crippen molar-refractivity contribution < 1.29 is 0 Å². The summed E-state index contributed by atoms with van der Waals surface area (Å²) >= 11 is 0. The molecular formula is C13H27N. The molecule has 0 aromatic heterocycles. The lowest BCUT2D eigenvalue weighted by Gasteiger charge is -2.40. The Bertz CT molecular complexity index is 189. The summed E-state index contributed by atoms with van der Waals surface area (Å²) in [5, 5.41) is 0. The fourth-order valence-electron chi connectivity index (χ4n) is 2.06. The fraction of sp³-hybridized carbons (Fsp3) is 1.00. The minimum Gasteiger partial charge on any atom is -0.300 e. The second-order valence-corrected chi connectivity index (χ2v) is 6.30. The van der Waals surface area contributed by atoms with Crippen molar-refractivity contribution in [2.75, 3.05) is 13.6 Å². The molecule has 0 aromatic carbocycles. The first kappa shape index (κ1) is 12.0. The maximum Gasteiger partial charge on any atom is 0.0178 e. The van der Waals surface area contributed by atoms with Crippen molar-refractivity contribution in [1.29, 1.82) is 0 Å². The number of rotatable bonds is 5. The normalized spacial score (nSPS) is 19.1. The predicted octanol–water partition coefficient (Wildman–Crippen LogP) is 3.54. The quantitative estimate of drug-likeness (QED) is 0.651. The maximum atomic E-state index is 2.56. The van der Waals surface area contributed by atoms with Gasteiger partial charge in [-0.3, -0.25) is 0 Å². The van der Waals surface area contributed by atoms with Crippen LogP contribution < -0.4 is 0 Å². The van der Waals surface area contributed by atoms with Gasteiger partial charge >= 0.3 is 0 Å². The van der Waals surface area contributed by atoms with Crippen molar-refractivity contribution in [2.45, 2.75) is 59.4 Å². The molecule has 84 valence electrons. The average Bonchev–Trinajstić information content (AvgIpc) is 2.85. The Labute approximate surface area is 89.9 Å². The first-order chi connectivity index (χ1) is 6.29. The van der Waals surface area contributed by atoms with Gasteiger partial charge in [-0.25, -0.2) is 0 Å². The van der Waals surface area contributed by atoms with Crippen molar-refractivity contribution >= 4 is 0 Å². The molecule has 0 radical (unpaired) electrons. The van der Waals surface area contributed by atoms with E-state index in [2.05, 4.69) is 46.6 Å². The van der Waals surface area contributed by atoms with Gasteiger partial charge in [-0.1, -0.05) is 20.8 Å². The summed E-state index contributed by atoms with van der Waals surface area (Å²) in [6.07, 6.45) is 4.13. The Kier molecular flexibility index (Phi) is 3.30. The molecule has 14 heavy (non-hydrogen) atoms. The van der Waals surface area contributed by atoms with Gasteiger partial charge in [0, 0.05) is 12.1 Å². The zero-order valence-corrected chi connectivity index (χ0v) is 10.9. The molecule has 1 fully saturated rings. The molecular weight excluding hydrogens is 170 g/mol. The molecule has 0 N–H and O–H groups in total. The van der Waals surface area contributed by atoms with Crippen LogP contribution in [0.15, 0.2) is 0 Å². The van der Waals surface area contributed by atoms with Gasteiger partial charge < -0.3 is 4.90 Å². The second kappa shape index (κ2) is 3.84. The highest BCUT2D eigenvalue weighted by molar-refractivity contribution is 4.96. The highest BCUT2D eigenvalue weighted by atomic mass is 15.2. The summed E-state index contributed by atoms with van der Waals surface area (Å²) in [4.78, 5) is 2.56. The third kappa shape index (κ3) is 2.73. The van der Waals surface area contributed by atoms with E-state index in [4.69, 9.17) is 0 Å². The molecule has 1 aliphatic carbocycles. The predicted molar refractivity (Wildman–Crippen MR) is 63.5 cm³/mol. The highest BCUT2D eigenvalue weighted by Gasteiger charge is 2.41. The largest absolute Gasteiger partial charge is 0.300 e. The molecule has 0 heterocycles. The lowest BCUT2D eigenvalue weighted by atomic mass is 9.87. The standard InChI is InChI=1S/C13H27N/c1-7-12(2,3)10-14(6)13(4,5)11-8-9-11/h11H,7-10H2,1-6H3. The van der Waals surface area contributed by atoms with Crippen LogP contribution in [0.25, 0.3) is 0 Å². The van der Waals surface area contributed by atoms with Crippen LogP contribution in [0.5, 0.6) is 0 Å². The van der Waals surface area contributed by atoms with E-state index >= 15 is 0 Å². The summed E-state index contributed by atoms with van der Waals surface area (Å²) in [6.45, 7) is 13.0. The van der Waals surface area contributed by atoms with Gasteiger partial charge in [-0.05, 0) is 51.5 Å². The van der Waals surface area contributed by atoms with Gasteiger partial charge in [0.2, 0.25) is 0 Å². The monoisotopic (exact) mass is 197 g/mol. The molecule has 0 aromatic rings. The number of hydrogen-bond donors (Lipinski definition) is 0. The summed E-state index contributed by atoms with van der Waals surface area (Å²) < 4.78 is 0. The van der Waals surface area contributed by atoms with Gasteiger partial charge in [-0.2, -0.15) is 0 Å². The van der Waals surface area contributed by atoms with Gasteiger partial charge in [0.05, 0.1) is 0 Å². The molecule has 1 rings (SSSR count). The summed E-state index contributed by atoms with van der Waals surface area (Å²) in [6, 6.07) is 0. The minimum absolute atomic E-state index is 0.409. The highest BCUT2D eigenvalue weighted by Crippen LogP contribution is 2.43. The molecule has 1 saturated carbocycles. The van der Waals surface area contributed by atoms with Crippen molar-refractivity contribution in [2.24, 2.45) is 11.3 Å². The van der Waals surface area contributed by atoms with E-state index in [9.17, 15) is 0 Å². The lowest BCUT2D eigenvalue weighted by molar-refractivity contribution is 0.0825. The van der Waals surface area contributed by atoms with Gasteiger partial charge in [0.1, 0.15) is 0 Å². The van der Waals surface area contributed by atoms with E-state index in [0.717, 1.165) is 5.92 Å². The third-order valence-corrected chi connectivity index (χ3v) is 4.18. The van der Waals surface area contributed by atoms with Gasteiger partial charge in [0.15, 0.2) is 0 Å². The van der Waals surface area contributed by atoms with E-state index in [1.165, 1.54) is 25.8 Å². The minimum atomic E-state index is 0.409. The molecule has 1 heteroatoms. The summed E-state index contributed by atoms with van der Waals surface area (Å²) in [5.41, 5.74) is 0.868. The summed E-state index contributed by atoms with van der Waals surface area (Å²) in [5.74, 6) is 0.945. The van der Waals surface area contributed by atoms with Crippen LogP contribution in [0.4, 0.5) is 0 Å². The SMILES string of the molecule is CCC(C)(C)CN(C)C(C)(C)C1CC1. The van der Waals surface area contributed by atoms with E-state index in [1.807, 2.05) is 0 Å². The Morgan fingerprint density at radius 3 is 2.00 bits per heavy atom. The van der Waals surface area contributed by atoms with Crippen LogP contribution in [-0.4, -0.2) is 24.0 Å². The number of hydrogen-bond acceptors (Lipinski definition) is 1. The van der Waals surface area contributed by atoms with E-state index < -0.39 is 0 Å². The van der Waals surface area contributed by atoms with Crippen LogP contribution in [0.1, 0.15) is 53.9 Å².